The second kappa shape index (κ2) is 8.04. The minimum Gasteiger partial charge on any atom is -0.384 e. The van der Waals surface area contributed by atoms with E-state index in [0.717, 1.165) is 5.56 Å². The maximum Gasteiger partial charge on any atom is 0.248 e. The molecule has 0 aliphatic carbocycles. The van der Waals surface area contributed by atoms with E-state index < -0.39 is 11.7 Å². The molecule has 2 atom stereocenters. The van der Waals surface area contributed by atoms with Gasteiger partial charge in [-0.15, -0.1) is 0 Å². The van der Waals surface area contributed by atoms with Crippen molar-refractivity contribution < 1.29 is 19.0 Å². The van der Waals surface area contributed by atoms with Crippen molar-refractivity contribution in [3.8, 4) is 0 Å². The molecule has 0 spiro atoms. The highest BCUT2D eigenvalue weighted by Gasteiger charge is 2.25. The average Bonchev–Trinajstić information content (AvgIpc) is 2.59. The average molecular weight is 331 g/mol. The smallest absolute Gasteiger partial charge is 0.248 e. The van der Waals surface area contributed by atoms with Crippen molar-refractivity contribution in [2.45, 2.75) is 32.2 Å². The third-order valence-electron chi connectivity index (χ3n) is 3.79. The van der Waals surface area contributed by atoms with Crippen LogP contribution in [0, 0.1) is 5.82 Å². The molecular weight excluding hydrogens is 309 g/mol. The van der Waals surface area contributed by atoms with Crippen molar-refractivity contribution >= 4 is 5.91 Å². The van der Waals surface area contributed by atoms with Crippen LogP contribution < -0.4 is 5.32 Å². The number of benzene rings is 2. The van der Waals surface area contributed by atoms with Crippen LogP contribution in [-0.4, -0.2) is 23.7 Å². The number of nitrogens with one attached hydrogen (secondary N) is 1. The zero-order valence-electron chi connectivity index (χ0n) is 13.8. The summed E-state index contributed by atoms with van der Waals surface area (Å²) < 4.78 is 18.5. The summed E-state index contributed by atoms with van der Waals surface area (Å²) in [6, 6.07) is 15.1. The maximum absolute atomic E-state index is 13.0. The largest absolute Gasteiger partial charge is 0.384 e. The van der Waals surface area contributed by atoms with Gasteiger partial charge in [0.05, 0.1) is 13.2 Å². The molecule has 0 saturated carbocycles. The standard InChI is InChI=1S/C19H22FNO3/c1-14(24-12-15-6-4-3-5-7-15)18(22)21-13-19(2,23)16-8-10-17(20)11-9-16/h3-11,14,23H,12-13H2,1-2H3,(H,21,22). The fraction of sp³-hybridized carbons (Fsp3) is 0.316. The van der Waals surface area contributed by atoms with Gasteiger partial charge in [0, 0.05) is 0 Å². The second-order valence-electron chi connectivity index (χ2n) is 5.94. The minimum absolute atomic E-state index is 0.0104. The molecule has 128 valence electrons. The lowest BCUT2D eigenvalue weighted by atomic mass is 9.96. The first-order valence-electron chi connectivity index (χ1n) is 7.80. The monoisotopic (exact) mass is 331 g/mol. The van der Waals surface area contributed by atoms with E-state index in [9.17, 15) is 14.3 Å². The van der Waals surface area contributed by atoms with Gasteiger partial charge >= 0.3 is 0 Å². The van der Waals surface area contributed by atoms with E-state index in [1.807, 2.05) is 30.3 Å². The molecule has 2 rings (SSSR count). The molecule has 0 radical (unpaired) electrons. The van der Waals surface area contributed by atoms with Gasteiger partial charge in [0.1, 0.15) is 17.5 Å². The summed E-state index contributed by atoms with van der Waals surface area (Å²) in [7, 11) is 0. The van der Waals surface area contributed by atoms with Gasteiger partial charge in [0.25, 0.3) is 0 Å². The number of carbonyl (C=O) groups is 1. The van der Waals surface area contributed by atoms with E-state index >= 15 is 0 Å². The Kier molecular flexibility index (Phi) is 6.06. The number of hydrogen-bond donors (Lipinski definition) is 2. The first-order valence-corrected chi connectivity index (χ1v) is 7.80. The Labute approximate surface area is 141 Å². The molecule has 2 N–H and O–H groups in total. The lowest BCUT2D eigenvalue weighted by molar-refractivity contribution is -0.133. The number of amides is 1. The summed E-state index contributed by atoms with van der Waals surface area (Å²) in [5.74, 6) is -0.685. The molecule has 0 bridgehead atoms. The Morgan fingerprint density at radius 2 is 1.83 bits per heavy atom. The van der Waals surface area contributed by atoms with Crippen LogP contribution in [0.5, 0.6) is 0 Å². The highest BCUT2D eigenvalue weighted by molar-refractivity contribution is 5.80. The lowest BCUT2D eigenvalue weighted by Crippen LogP contribution is -2.42. The zero-order chi connectivity index (χ0) is 17.6. The molecule has 5 heteroatoms. The maximum atomic E-state index is 13.0. The normalized spacial score (nSPS) is 14.7. The second-order valence-corrected chi connectivity index (χ2v) is 5.94. The highest BCUT2D eigenvalue weighted by atomic mass is 19.1. The molecule has 0 heterocycles. The van der Waals surface area contributed by atoms with Crippen LogP contribution in [0.4, 0.5) is 4.39 Å². The molecule has 2 unspecified atom stereocenters. The predicted molar refractivity (Wildman–Crippen MR) is 89.7 cm³/mol. The van der Waals surface area contributed by atoms with Gasteiger partial charge in [-0.3, -0.25) is 4.79 Å². The number of carbonyl (C=O) groups excluding carboxylic acids is 1. The van der Waals surface area contributed by atoms with Crippen molar-refractivity contribution in [1.29, 1.82) is 0 Å². The van der Waals surface area contributed by atoms with Crippen LogP contribution in [0.3, 0.4) is 0 Å². The van der Waals surface area contributed by atoms with E-state index in [2.05, 4.69) is 5.32 Å². The molecule has 0 aromatic heterocycles. The van der Waals surface area contributed by atoms with E-state index in [4.69, 9.17) is 4.74 Å². The molecule has 24 heavy (non-hydrogen) atoms. The molecule has 1 amide bonds. The van der Waals surface area contributed by atoms with E-state index in [-0.39, 0.29) is 18.3 Å². The Morgan fingerprint density at radius 3 is 2.46 bits per heavy atom. The molecule has 0 fully saturated rings. The van der Waals surface area contributed by atoms with Crippen molar-refractivity contribution in [3.63, 3.8) is 0 Å². The van der Waals surface area contributed by atoms with E-state index in [0.29, 0.717) is 12.2 Å². The molecule has 0 saturated heterocycles. The fourth-order valence-corrected chi connectivity index (χ4v) is 2.19. The first kappa shape index (κ1) is 18.1. The van der Waals surface area contributed by atoms with Crippen molar-refractivity contribution in [1.82, 2.24) is 5.32 Å². The van der Waals surface area contributed by atoms with Gasteiger partial charge in [0.15, 0.2) is 0 Å². The van der Waals surface area contributed by atoms with Gasteiger partial charge in [-0.2, -0.15) is 0 Å². The van der Waals surface area contributed by atoms with Crippen LogP contribution >= 0.6 is 0 Å². The molecule has 2 aromatic carbocycles. The van der Waals surface area contributed by atoms with Gasteiger partial charge < -0.3 is 15.2 Å². The van der Waals surface area contributed by atoms with Gasteiger partial charge in [-0.05, 0) is 37.1 Å². The first-order chi connectivity index (χ1) is 11.4. The molecule has 4 nitrogen and oxygen atoms in total. The third-order valence-corrected chi connectivity index (χ3v) is 3.79. The number of ether oxygens (including phenoxy) is 1. The van der Waals surface area contributed by atoms with Crippen LogP contribution in [0.1, 0.15) is 25.0 Å². The molecular formula is C19H22FNO3. The summed E-state index contributed by atoms with van der Waals surface area (Å²) in [6.45, 7) is 3.57. The number of aliphatic hydroxyl groups is 1. The number of rotatable bonds is 7. The summed E-state index contributed by atoms with van der Waals surface area (Å²) in [6.07, 6.45) is -0.644. The van der Waals surface area contributed by atoms with Crippen LogP contribution in [0.2, 0.25) is 0 Å². The summed E-state index contributed by atoms with van der Waals surface area (Å²) in [4.78, 5) is 12.1. The van der Waals surface area contributed by atoms with Gasteiger partial charge in [0.2, 0.25) is 5.91 Å². The van der Waals surface area contributed by atoms with Crippen LogP contribution in [-0.2, 0) is 21.7 Å². The quantitative estimate of drug-likeness (QED) is 0.820. The molecule has 2 aromatic rings. The summed E-state index contributed by atoms with van der Waals surface area (Å²) >= 11 is 0. The fourth-order valence-electron chi connectivity index (χ4n) is 2.19. The lowest BCUT2D eigenvalue weighted by Gasteiger charge is -2.25. The van der Waals surface area contributed by atoms with E-state index in [1.54, 1.807) is 13.8 Å². The van der Waals surface area contributed by atoms with Gasteiger partial charge in [-0.25, -0.2) is 4.39 Å². The van der Waals surface area contributed by atoms with E-state index in [1.165, 1.54) is 24.3 Å². The Hall–Kier alpha value is -2.24. The molecule has 0 aliphatic rings. The zero-order valence-corrected chi connectivity index (χ0v) is 13.8. The summed E-state index contributed by atoms with van der Waals surface area (Å²) in [5.41, 5.74) is 0.222. The van der Waals surface area contributed by atoms with Crippen molar-refractivity contribution in [3.05, 3.63) is 71.5 Å². The Bertz CT molecular complexity index is 656. The predicted octanol–water partition coefficient (Wildman–Crippen LogP) is 2.75. The third kappa shape index (κ3) is 5.15. The van der Waals surface area contributed by atoms with Gasteiger partial charge in [-0.1, -0.05) is 42.5 Å². The van der Waals surface area contributed by atoms with Crippen LogP contribution in [0.15, 0.2) is 54.6 Å². The Morgan fingerprint density at radius 1 is 1.21 bits per heavy atom. The van der Waals surface area contributed by atoms with Crippen molar-refractivity contribution in [2.75, 3.05) is 6.54 Å². The minimum atomic E-state index is -1.29. The van der Waals surface area contributed by atoms with Crippen molar-refractivity contribution in [2.24, 2.45) is 0 Å². The number of hydrogen-bond acceptors (Lipinski definition) is 3. The SMILES string of the molecule is CC(OCc1ccccc1)C(=O)NCC(C)(O)c1ccc(F)cc1. The highest BCUT2D eigenvalue weighted by Crippen LogP contribution is 2.20. The van der Waals surface area contributed by atoms with Crippen LogP contribution in [0.25, 0.3) is 0 Å². The number of halogens is 1. The molecule has 0 aliphatic heterocycles. The Balaban J connectivity index is 1.83. The summed E-state index contributed by atoms with van der Waals surface area (Å²) in [5, 5.41) is 13.1. The topological polar surface area (TPSA) is 58.6 Å².